The number of hydrogen-bond donors (Lipinski definition) is 1. The number of halogens is 3. The molecule has 1 N–H and O–H groups in total. The molecule has 2 aliphatic rings. The third-order valence-electron chi connectivity index (χ3n) is 7.29. The summed E-state index contributed by atoms with van der Waals surface area (Å²) in [4.78, 5) is 23.0. The van der Waals surface area contributed by atoms with E-state index in [1.807, 2.05) is 4.90 Å². The number of fused-ring (bicyclic) bond motifs is 1. The molecule has 0 aliphatic carbocycles. The van der Waals surface area contributed by atoms with Crippen molar-refractivity contribution in [2.24, 2.45) is 5.41 Å². The van der Waals surface area contributed by atoms with E-state index in [-0.39, 0.29) is 28.8 Å². The fourth-order valence-corrected chi connectivity index (χ4v) is 6.35. The van der Waals surface area contributed by atoms with Crippen molar-refractivity contribution in [1.82, 2.24) is 28.8 Å². The fourth-order valence-electron chi connectivity index (χ4n) is 5.33. The highest BCUT2D eigenvalue weighted by Crippen LogP contribution is 2.42. The summed E-state index contributed by atoms with van der Waals surface area (Å²) in [5.41, 5.74) is 0.771. The van der Waals surface area contributed by atoms with Gasteiger partial charge in [0.15, 0.2) is 5.65 Å². The molecule has 5 heterocycles. The van der Waals surface area contributed by atoms with E-state index in [1.165, 1.54) is 34.9 Å². The summed E-state index contributed by atoms with van der Waals surface area (Å²) in [5, 5.41) is 6.71. The van der Waals surface area contributed by atoms with Gasteiger partial charge in [0, 0.05) is 68.0 Å². The molecule has 216 valence electrons. The van der Waals surface area contributed by atoms with Crippen molar-refractivity contribution in [1.29, 1.82) is 0 Å². The van der Waals surface area contributed by atoms with Crippen molar-refractivity contribution in [3.63, 3.8) is 0 Å². The number of carbonyl (C=O) groups excluding carboxylic acids is 1. The maximum Gasteiger partial charge on any atom is 0.416 e. The van der Waals surface area contributed by atoms with Gasteiger partial charge in [-0.1, -0.05) is 12.0 Å². The lowest BCUT2D eigenvalue weighted by Gasteiger charge is -2.59. The average molecular weight is 596 g/mol. The zero-order valence-electron chi connectivity index (χ0n) is 22.3. The molecule has 4 aromatic rings. The number of carbonyl (C=O) groups is 1. The summed E-state index contributed by atoms with van der Waals surface area (Å²) >= 11 is 0. The molecular formula is C28H24F3N7O3S. The molecule has 2 fully saturated rings. The van der Waals surface area contributed by atoms with Crippen LogP contribution in [0.1, 0.15) is 32.7 Å². The van der Waals surface area contributed by atoms with Gasteiger partial charge in [-0.15, -0.1) is 0 Å². The Morgan fingerprint density at radius 2 is 1.86 bits per heavy atom. The van der Waals surface area contributed by atoms with Crippen molar-refractivity contribution in [2.75, 3.05) is 37.8 Å². The van der Waals surface area contributed by atoms with Gasteiger partial charge in [-0.3, -0.25) is 14.7 Å². The van der Waals surface area contributed by atoms with Crippen LogP contribution < -0.4 is 5.32 Å². The molecule has 0 radical (unpaired) electrons. The number of pyridine rings is 1. The molecule has 6 rings (SSSR count). The van der Waals surface area contributed by atoms with Crippen molar-refractivity contribution >= 4 is 27.3 Å². The first kappa shape index (κ1) is 27.8. The summed E-state index contributed by atoms with van der Waals surface area (Å²) in [6.45, 7) is 1.89. The molecule has 0 atom stereocenters. The molecule has 1 amide bonds. The number of sulfonamides is 1. The molecule has 0 saturated carbocycles. The Bertz CT molecular complexity index is 1860. The second-order valence-electron chi connectivity index (χ2n) is 10.6. The van der Waals surface area contributed by atoms with Crippen LogP contribution in [-0.4, -0.2) is 75.5 Å². The number of amides is 1. The van der Waals surface area contributed by atoms with Crippen LogP contribution in [0.5, 0.6) is 0 Å². The van der Waals surface area contributed by atoms with Crippen LogP contribution in [0.2, 0.25) is 0 Å². The summed E-state index contributed by atoms with van der Waals surface area (Å²) in [5.74, 6) is 5.21. The van der Waals surface area contributed by atoms with Crippen LogP contribution >= 0.6 is 0 Å². The average Bonchev–Trinajstić information content (AvgIpc) is 3.30. The minimum Gasteiger partial charge on any atom is -0.322 e. The van der Waals surface area contributed by atoms with Crippen molar-refractivity contribution in [3.8, 4) is 11.8 Å². The molecule has 2 aliphatic heterocycles. The zero-order valence-corrected chi connectivity index (χ0v) is 23.1. The third kappa shape index (κ3) is 5.58. The van der Waals surface area contributed by atoms with E-state index >= 15 is 0 Å². The first-order valence-electron chi connectivity index (χ1n) is 12.8. The molecule has 14 heteroatoms. The van der Waals surface area contributed by atoms with Crippen LogP contribution in [0.4, 0.5) is 18.9 Å². The van der Waals surface area contributed by atoms with E-state index in [2.05, 4.69) is 32.2 Å². The van der Waals surface area contributed by atoms with Gasteiger partial charge in [-0.05, 0) is 41.8 Å². The van der Waals surface area contributed by atoms with Gasteiger partial charge in [-0.2, -0.15) is 18.3 Å². The number of benzene rings is 1. The Morgan fingerprint density at radius 1 is 1.07 bits per heavy atom. The highest BCUT2D eigenvalue weighted by atomic mass is 32.2. The topological polar surface area (TPSA) is 113 Å². The number of imidazole rings is 1. The normalized spacial score (nSPS) is 16.9. The van der Waals surface area contributed by atoms with Crippen molar-refractivity contribution in [2.45, 2.75) is 12.7 Å². The van der Waals surface area contributed by atoms with E-state index in [0.717, 1.165) is 12.3 Å². The predicted octanol–water partition coefficient (Wildman–Crippen LogP) is 2.87. The maximum absolute atomic E-state index is 14.0. The van der Waals surface area contributed by atoms with Crippen LogP contribution in [0.25, 0.3) is 5.65 Å². The van der Waals surface area contributed by atoms with Crippen molar-refractivity contribution < 1.29 is 26.4 Å². The van der Waals surface area contributed by atoms with Crippen LogP contribution in [0.15, 0.2) is 61.2 Å². The summed E-state index contributed by atoms with van der Waals surface area (Å²) in [6.07, 6.45) is 2.47. The molecule has 1 spiro atoms. The van der Waals surface area contributed by atoms with E-state index in [4.69, 9.17) is 0 Å². The van der Waals surface area contributed by atoms with E-state index in [0.29, 0.717) is 43.1 Å². The van der Waals surface area contributed by atoms with Gasteiger partial charge in [0.2, 0.25) is 10.0 Å². The van der Waals surface area contributed by atoms with E-state index in [1.54, 1.807) is 29.0 Å². The lowest BCUT2D eigenvalue weighted by atomic mass is 9.74. The Balaban J connectivity index is 1.13. The Hall–Kier alpha value is -4.32. The summed E-state index contributed by atoms with van der Waals surface area (Å²) in [6, 6.07) is 8.75. The van der Waals surface area contributed by atoms with Crippen LogP contribution in [0.3, 0.4) is 0 Å². The molecule has 2 saturated heterocycles. The first-order chi connectivity index (χ1) is 19.9. The molecular weight excluding hydrogens is 571 g/mol. The summed E-state index contributed by atoms with van der Waals surface area (Å²) < 4.78 is 68.2. The van der Waals surface area contributed by atoms with Gasteiger partial charge in [0.25, 0.3) is 5.91 Å². The SMILES string of the molecule is CS(=O)(=O)N1CC2(CN(Cc3ccc(NC(=O)c4cncc(C#Cc5cnc6cccnn56)c4)cc3C(F)(F)F)C2)C1. The van der Waals surface area contributed by atoms with Crippen molar-refractivity contribution in [3.05, 3.63) is 89.1 Å². The predicted molar refractivity (Wildman–Crippen MR) is 147 cm³/mol. The number of rotatable bonds is 5. The number of aromatic nitrogens is 4. The molecule has 1 aromatic carbocycles. The Morgan fingerprint density at radius 3 is 2.60 bits per heavy atom. The number of alkyl halides is 3. The second-order valence-corrected chi connectivity index (χ2v) is 12.6. The lowest BCUT2D eigenvalue weighted by Crippen LogP contribution is -2.72. The first-order valence-corrected chi connectivity index (χ1v) is 14.7. The highest BCUT2D eigenvalue weighted by molar-refractivity contribution is 7.88. The van der Waals surface area contributed by atoms with E-state index < -0.39 is 27.7 Å². The minimum absolute atomic E-state index is 0.00719. The number of nitrogens with one attached hydrogen (secondary N) is 1. The summed E-state index contributed by atoms with van der Waals surface area (Å²) in [7, 11) is -3.26. The van der Waals surface area contributed by atoms with Gasteiger partial charge >= 0.3 is 6.18 Å². The van der Waals surface area contributed by atoms with Gasteiger partial charge in [-0.25, -0.2) is 22.2 Å². The standard InChI is InChI=1S/C28H24F3N7O3S/c1-42(40,41)37-17-27(18-37)15-36(16-27)14-20-5-6-22(10-24(20)28(29,30)31)35-26(39)21-9-19(11-32-12-21)4-7-23-13-33-25-3-2-8-34-38(23)25/h2-3,5-6,8-13H,14-18H2,1H3,(H,35,39). The number of nitrogens with zero attached hydrogens (tertiary/aromatic N) is 6. The van der Waals surface area contributed by atoms with E-state index in [9.17, 15) is 26.4 Å². The second kappa shape index (κ2) is 10.2. The minimum atomic E-state index is -4.63. The number of anilines is 1. The molecule has 0 unspecified atom stereocenters. The number of hydrogen-bond acceptors (Lipinski definition) is 7. The monoisotopic (exact) mass is 595 g/mol. The van der Waals surface area contributed by atoms with Gasteiger partial charge < -0.3 is 5.32 Å². The molecule has 0 bridgehead atoms. The van der Waals surface area contributed by atoms with Gasteiger partial charge in [0.05, 0.1) is 23.6 Å². The quantitative estimate of drug-likeness (QED) is 0.353. The molecule has 42 heavy (non-hydrogen) atoms. The lowest BCUT2D eigenvalue weighted by molar-refractivity contribution is -0.139. The van der Waals surface area contributed by atoms with Crippen LogP contribution in [-0.2, 0) is 22.7 Å². The largest absolute Gasteiger partial charge is 0.416 e. The molecule has 10 nitrogen and oxygen atoms in total. The Kier molecular flexibility index (Phi) is 6.76. The zero-order chi connectivity index (χ0) is 29.7. The highest BCUT2D eigenvalue weighted by Gasteiger charge is 2.54. The Labute approximate surface area is 239 Å². The van der Waals surface area contributed by atoms with Gasteiger partial charge in [0.1, 0.15) is 5.69 Å². The maximum atomic E-state index is 14.0. The third-order valence-corrected chi connectivity index (χ3v) is 8.49. The van der Waals surface area contributed by atoms with Crippen LogP contribution in [0, 0.1) is 17.3 Å². The molecule has 3 aromatic heterocycles. The smallest absolute Gasteiger partial charge is 0.322 e. The fraction of sp³-hybridized carbons (Fsp3) is 0.286. The number of likely N-dealkylation sites (tertiary alicyclic amines) is 1.